The Morgan fingerprint density at radius 2 is 2.00 bits per heavy atom. The van der Waals surface area contributed by atoms with E-state index in [4.69, 9.17) is 4.74 Å². The average Bonchev–Trinajstić information content (AvgIpc) is 2.29. The van der Waals surface area contributed by atoms with Crippen molar-refractivity contribution in [3.05, 3.63) is 42.0 Å². The first-order valence-corrected chi connectivity index (χ1v) is 5.24. The SMILES string of the molecule is CC=CC(=O)NC(C)c1ccc(OC)cc1. The fourth-order valence-corrected chi connectivity index (χ4v) is 1.39. The second kappa shape index (κ2) is 5.95. The lowest BCUT2D eigenvalue weighted by molar-refractivity contribution is -0.117. The van der Waals surface area contributed by atoms with Crippen molar-refractivity contribution in [1.29, 1.82) is 0 Å². The van der Waals surface area contributed by atoms with Gasteiger partial charge in [0, 0.05) is 0 Å². The lowest BCUT2D eigenvalue weighted by Gasteiger charge is -2.13. The number of ether oxygens (including phenoxy) is 1. The van der Waals surface area contributed by atoms with Gasteiger partial charge in [0.1, 0.15) is 5.75 Å². The summed E-state index contributed by atoms with van der Waals surface area (Å²) in [7, 11) is 1.63. The van der Waals surface area contributed by atoms with Crippen LogP contribution >= 0.6 is 0 Å². The quantitative estimate of drug-likeness (QED) is 0.790. The number of carbonyl (C=O) groups is 1. The van der Waals surface area contributed by atoms with Gasteiger partial charge >= 0.3 is 0 Å². The highest BCUT2D eigenvalue weighted by molar-refractivity contribution is 5.87. The Labute approximate surface area is 96.1 Å². The second-order valence-electron chi connectivity index (χ2n) is 3.50. The number of benzene rings is 1. The van der Waals surface area contributed by atoms with Crippen molar-refractivity contribution in [2.24, 2.45) is 0 Å². The number of hydrogen-bond acceptors (Lipinski definition) is 2. The zero-order valence-electron chi connectivity index (χ0n) is 9.86. The fraction of sp³-hybridized carbons (Fsp3) is 0.308. The van der Waals surface area contributed by atoms with Crippen molar-refractivity contribution < 1.29 is 9.53 Å². The molecule has 0 saturated carbocycles. The molecule has 1 rings (SSSR count). The van der Waals surface area contributed by atoms with Crippen molar-refractivity contribution in [3.63, 3.8) is 0 Å². The molecule has 0 aliphatic carbocycles. The van der Waals surface area contributed by atoms with Gasteiger partial charge in [-0.05, 0) is 37.6 Å². The zero-order valence-corrected chi connectivity index (χ0v) is 9.86. The molecule has 0 aliphatic rings. The average molecular weight is 219 g/mol. The molecule has 1 aromatic rings. The monoisotopic (exact) mass is 219 g/mol. The molecule has 0 spiro atoms. The minimum absolute atomic E-state index is 0.00499. The molecule has 1 unspecified atom stereocenters. The van der Waals surface area contributed by atoms with Gasteiger partial charge in [-0.1, -0.05) is 18.2 Å². The standard InChI is InChI=1S/C13H17NO2/c1-4-5-13(15)14-10(2)11-6-8-12(16-3)9-7-11/h4-10H,1-3H3,(H,14,15). The molecule has 3 nitrogen and oxygen atoms in total. The van der Waals surface area contributed by atoms with Crippen LogP contribution in [0, 0.1) is 0 Å². The van der Waals surface area contributed by atoms with E-state index in [0.717, 1.165) is 11.3 Å². The van der Waals surface area contributed by atoms with E-state index in [1.165, 1.54) is 6.08 Å². The van der Waals surface area contributed by atoms with Crippen molar-refractivity contribution in [2.45, 2.75) is 19.9 Å². The summed E-state index contributed by atoms with van der Waals surface area (Å²) >= 11 is 0. The first kappa shape index (κ1) is 12.3. The predicted octanol–water partition coefficient (Wildman–Crippen LogP) is 2.45. The summed E-state index contributed by atoms with van der Waals surface area (Å²) in [5.74, 6) is 0.738. The maximum atomic E-state index is 11.3. The van der Waals surface area contributed by atoms with Gasteiger partial charge in [-0.15, -0.1) is 0 Å². The van der Waals surface area contributed by atoms with Crippen LogP contribution in [0.2, 0.25) is 0 Å². The van der Waals surface area contributed by atoms with Gasteiger partial charge in [0.25, 0.3) is 0 Å². The van der Waals surface area contributed by atoms with E-state index in [2.05, 4.69) is 5.32 Å². The van der Waals surface area contributed by atoms with Crippen molar-refractivity contribution >= 4 is 5.91 Å². The van der Waals surface area contributed by atoms with Crippen LogP contribution in [0.3, 0.4) is 0 Å². The third kappa shape index (κ3) is 3.42. The van der Waals surface area contributed by atoms with Gasteiger partial charge in [-0.25, -0.2) is 0 Å². The molecule has 3 heteroatoms. The van der Waals surface area contributed by atoms with Crippen LogP contribution in [-0.2, 0) is 4.79 Å². The van der Waals surface area contributed by atoms with E-state index >= 15 is 0 Å². The smallest absolute Gasteiger partial charge is 0.244 e. The summed E-state index contributed by atoms with van der Waals surface area (Å²) in [5, 5.41) is 2.87. The van der Waals surface area contributed by atoms with E-state index in [0.29, 0.717) is 0 Å². The molecule has 0 saturated heterocycles. The molecule has 0 fully saturated rings. The van der Waals surface area contributed by atoms with Gasteiger partial charge < -0.3 is 10.1 Å². The van der Waals surface area contributed by atoms with Crippen LogP contribution in [0.1, 0.15) is 25.5 Å². The number of hydrogen-bond donors (Lipinski definition) is 1. The molecular weight excluding hydrogens is 202 g/mol. The van der Waals surface area contributed by atoms with Gasteiger partial charge in [-0.3, -0.25) is 4.79 Å². The molecule has 0 radical (unpaired) electrons. The normalized spacial score (nSPS) is 12.4. The number of allylic oxidation sites excluding steroid dienone is 1. The third-order valence-electron chi connectivity index (χ3n) is 2.29. The Morgan fingerprint density at radius 3 is 2.50 bits per heavy atom. The minimum Gasteiger partial charge on any atom is -0.497 e. The first-order valence-electron chi connectivity index (χ1n) is 5.24. The highest BCUT2D eigenvalue weighted by Crippen LogP contribution is 2.16. The second-order valence-corrected chi connectivity index (χ2v) is 3.50. The van der Waals surface area contributed by atoms with Crippen LogP contribution in [0.25, 0.3) is 0 Å². The molecule has 1 amide bonds. The summed E-state index contributed by atoms with van der Waals surface area (Å²) in [6, 6.07) is 7.65. The number of carbonyl (C=O) groups excluding carboxylic acids is 1. The summed E-state index contributed by atoms with van der Waals surface area (Å²) in [4.78, 5) is 11.3. The van der Waals surface area contributed by atoms with Gasteiger partial charge in [0.05, 0.1) is 13.2 Å². The van der Waals surface area contributed by atoms with Crippen molar-refractivity contribution in [2.75, 3.05) is 7.11 Å². The lowest BCUT2D eigenvalue weighted by Crippen LogP contribution is -2.24. The van der Waals surface area contributed by atoms with Crippen molar-refractivity contribution in [1.82, 2.24) is 5.32 Å². The van der Waals surface area contributed by atoms with E-state index < -0.39 is 0 Å². The van der Waals surface area contributed by atoms with Gasteiger partial charge in [-0.2, -0.15) is 0 Å². The molecule has 1 atom stereocenters. The zero-order chi connectivity index (χ0) is 12.0. The predicted molar refractivity (Wildman–Crippen MR) is 64.4 cm³/mol. The van der Waals surface area contributed by atoms with Crippen molar-refractivity contribution in [3.8, 4) is 5.75 Å². The van der Waals surface area contributed by atoms with E-state index in [1.807, 2.05) is 38.1 Å². The van der Waals surface area contributed by atoms with Crippen LogP contribution in [0.15, 0.2) is 36.4 Å². The molecule has 0 bridgehead atoms. The number of nitrogens with one attached hydrogen (secondary N) is 1. The summed E-state index contributed by atoms with van der Waals surface area (Å²) in [6.45, 7) is 3.76. The maximum absolute atomic E-state index is 11.3. The molecule has 86 valence electrons. The molecular formula is C13H17NO2. The topological polar surface area (TPSA) is 38.3 Å². The van der Waals surface area contributed by atoms with Gasteiger partial charge in [0.15, 0.2) is 0 Å². The Balaban J connectivity index is 2.65. The molecule has 0 aliphatic heterocycles. The molecule has 0 heterocycles. The Hall–Kier alpha value is -1.77. The fourth-order valence-electron chi connectivity index (χ4n) is 1.39. The van der Waals surface area contributed by atoms with Crippen LogP contribution < -0.4 is 10.1 Å². The van der Waals surface area contributed by atoms with Crippen LogP contribution in [0.5, 0.6) is 5.75 Å². The highest BCUT2D eigenvalue weighted by atomic mass is 16.5. The number of amides is 1. The minimum atomic E-state index is -0.0779. The largest absolute Gasteiger partial charge is 0.497 e. The Kier molecular flexibility index (Phi) is 4.58. The summed E-state index contributed by atoms with van der Waals surface area (Å²) < 4.78 is 5.07. The third-order valence-corrected chi connectivity index (χ3v) is 2.29. The molecule has 16 heavy (non-hydrogen) atoms. The van der Waals surface area contributed by atoms with Crippen LogP contribution in [-0.4, -0.2) is 13.0 Å². The number of rotatable bonds is 4. The summed E-state index contributed by atoms with van der Waals surface area (Å²) in [5.41, 5.74) is 1.05. The Bertz CT molecular complexity index is 368. The summed E-state index contributed by atoms with van der Waals surface area (Å²) in [6.07, 6.45) is 3.23. The molecule has 1 aromatic carbocycles. The Morgan fingerprint density at radius 1 is 1.38 bits per heavy atom. The first-order chi connectivity index (χ1) is 7.67. The maximum Gasteiger partial charge on any atom is 0.244 e. The van der Waals surface area contributed by atoms with E-state index in [1.54, 1.807) is 13.2 Å². The molecule has 0 aromatic heterocycles. The van der Waals surface area contributed by atoms with E-state index in [-0.39, 0.29) is 11.9 Å². The highest BCUT2D eigenvalue weighted by Gasteiger charge is 2.06. The lowest BCUT2D eigenvalue weighted by atomic mass is 10.1. The van der Waals surface area contributed by atoms with Gasteiger partial charge in [0.2, 0.25) is 5.91 Å². The van der Waals surface area contributed by atoms with E-state index in [9.17, 15) is 4.79 Å². The number of methoxy groups -OCH3 is 1. The molecule has 1 N–H and O–H groups in total. The van der Waals surface area contributed by atoms with Crippen LogP contribution in [0.4, 0.5) is 0 Å².